The molecule has 110 valence electrons. The Labute approximate surface area is 134 Å². The van der Waals surface area contributed by atoms with Crippen molar-refractivity contribution in [3.63, 3.8) is 0 Å². The van der Waals surface area contributed by atoms with E-state index in [2.05, 4.69) is 68.6 Å². The SMILES string of the molecule is Cc1ccc(-c2cn3c(n2)sc2cc(C)c(C)cc23)cc1C. The third-order valence-electron chi connectivity index (χ3n) is 4.51. The number of nitrogens with zero attached hydrogens (tertiary/aromatic N) is 2. The number of imidazole rings is 1. The van der Waals surface area contributed by atoms with Gasteiger partial charge in [-0.05, 0) is 68.1 Å². The third kappa shape index (κ3) is 1.97. The number of benzene rings is 2. The van der Waals surface area contributed by atoms with Gasteiger partial charge in [0, 0.05) is 11.8 Å². The maximum absolute atomic E-state index is 4.83. The van der Waals surface area contributed by atoms with Crippen molar-refractivity contribution in [1.29, 1.82) is 0 Å². The summed E-state index contributed by atoms with van der Waals surface area (Å²) in [5, 5.41) is 0. The van der Waals surface area contributed by atoms with Crippen LogP contribution in [0.1, 0.15) is 22.3 Å². The van der Waals surface area contributed by atoms with E-state index in [0.29, 0.717) is 0 Å². The lowest BCUT2D eigenvalue weighted by atomic mass is 10.0. The van der Waals surface area contributed by atoms with Crippen molar-refractivity contribution in [2.24, 2.45) is 0 Å². The fraction of sp³-hybridized carbons (Fsp3) is 0.211. The summed E-state index contributed by atoms with van der Waals surface area (Å²) in [4.78, 5) is 5.89. The summed E-state index contributed by atoms with van der Waals surface area (Å²) in [5.74, 6) is 0. The van der Waals surface area contributed by atoms with Gasteiger partial charge in [0.1, 0.15) is 0 Å². The second-order valence-corrected chi connectivity index (χ2v) is 7.09. The first-order valence-corrected chi connectivity index (χ1v) is 8.31. The van der Waals surface area contributed by atoms with Gasteiger partial charge in [0.05, 0.1) is 15.9 Å². The fourth-order valence-corrected chi connectivity index (χ4v) is 3.88. The molecule has 0 fully saturated rings. The normalized spacial score (nSPS) is 11.6. The quantitative estimate of drug-likeness (QED) is 0.457. The Hall–Kier alpha value is -2.13. The van der Waals surface area contributed by atoms with Gasteiger partial charge in [0.15, 0.2) is 4.96 Å². The van der Waals surface area contributed by atoms with Crippen LogP contribution in [-0.4, -0.2) is 9.38 Å². The number of aryl methyl sites for hydroxylation is 4. The van der Waals surface area contributed by atoms with Gasteiger partial charge in [-0.2, -0.15) is 0 Å². The van der Waals surface area contributed by atoms with Crippen LogP contribution in [0.5, 0.6) is 0 Å². The monoisotopic (exact) mass is 306 g/mol. The summed E-state index contributed by atoms with van der Waals surface area (Å²) < 4.78 is 3.52. The third-order valence-corrected chi connectivity index (χ3v) is 5.53. The molecular weight excluding hydrogens is 288 g/mol. The minimum Gasteiger partial charge on any atom is -0.290 e. The average Bonchev–Trinajstić information content (AvgIpc) is 3.01. The van der Waals surface area contributed by atoms with E-state index in [0.717, 1.165) is 10.7 Å². The molecule has 0 saturated heterocycles. The molecule has 0 aliphatic rings. The Balaban J connectivity index is 1.94. The fourth-order valence-electron chi connectivity index (χ4n) is 2.79. The minimum atomic E-state index is 1.05. The van der Waals surface area contributed by atoms with Crippen molar-refractivity contribution in [3.05, 3.63) is 58.8 Å². The van der Waals surface area contributed by atoms with Gasteiger partial charge in [-0.1, -0.05) is 23.5 Å². The molecule has 0 bridgehead atoms. The largest absolute Gasteiger partial charge is 0.290 e. The Bertz CT molecular complexity index is 1020. The molecule has 22 heavy (non-hydrogen) atoms. The molecule has 0 aliphatic heterocycles. The van der Waals surface area contributed by atoms with Crippen molar-refractivity contribution < 1.29 is 0 Å². The predicted octanol–water partition coefficient (Wildman–Crippen LogP) is 5.45. The van der Waals surface area contributed by atoms with Gasteiger partial charge in [-0.15, -0.1) is 0 Å². The zero-order valence-corrected chi connectivity index (χ0v) is 14.1. The van der Waals surface area contributed by atoms with Crippen LogP contribution in [0.25, 0.3) is 26.4 Å². The van der Waals surface area contributed by atoms with Crippen molar-refractivity contribution in [1.82, 2.24) is 9.38 Å². The van der Waals surface area contributed by atoms with Crippen LogP contribution >= 0.6 is 11.3 Å². The van der Waals surface area contributed by atoms with Gasteiger partial charge in [0.2, 0.25) is 0 Å². The van der Waals surface area contributed by atoms with Crippen LogP contribution in [-0.2, 0) is 0 Å². The molecule has 0 N–H and O–H groups in total. The number of rotatable bonds is 1. The topological polar surface area (TPSA) is 17.3 Å². The van der Waals surface area contributed by atoms with Crippen LogP contribution in [0.2, 0.25) is 0 Å². The maximum Gasteiger partial charge on any atom is 0.195 e. The lowest BCUT2D eigenvalue weighted by Gasteiger charge is -2.02. The highest BCUT2D eigenvalue weighted by atomic mass is 32.1. The summed E-state index contributed by atoms with van der Waals surface area (Å²) in [6.07, 6.45) is 2.16. The Morgan fingerprint density at radius 3 is 2.36 bits per heavy atom. The lowest BCUT2D eigenvalue weighted by molar-refractivity contribution is 1.27. The first-order chi connectivity index (χ1) is 10.5. The second-order valence-electron chi connectivity index (χ2n) is 6.08. The van der Waals surface area contributed by atoms with Gasteiger partial charge in [0.25, 0.3) is 0 Å². The molecule has 0 spiro atoms. The molecule has 2 heterocycles. The van der Waals surface area contributed by atoms with Crippen molar-refractivity contribution in [2.75, 3.05) is 0 Å². The molecule has 0 saturated carbocycles. The van der Waals surface area contributed by atoms with Crippen molar-refractivity contribution in [2.45, 2.75) is 27.7 Å². The van der Waals surface area contributed by atoms with Crippen molar-refractivity contribution >= 4 is 26.5 Å². The van der Waals surface area contributed by atoms with E-state index in [1.807, 2.05) is 0 Å². The predicted molar refractivity (Wildman–Crippen MR) is 95.0 cm³/mol. The van der Waals surface area contributed by atoms with E-state index in [9.17, 15) is 0 Å². The maximum atomic E-state index is 4.83. The van der Waals surface area contributed by atoms with Crippen LogP contribution in [0.3, 0.4) is 0 Å². The van der Waals surface area contributed by atoms with Gasteiger partial charge < -0.3 is 0 Å². The molecule has 4 aromatic rings. The average molecular weight is 306 g/mol. The second kappa shape index (κ2) is 4.68. The van der Waals surface area contributed by atoms with E-state index in [1.165, 1.54) is 38.0 Å². The summed E-state index contributed by atoms with van der Waals surface area (Å²) in [5.41, 5.74) is 8.79. The smallest absolute Gasteiger partial charge is 0.195 e. The summed E-state index contributed by atoms with van der Waals surface area (Å²) in [7, 11) is 0. The Morgan fingerprint density at radius 2 is 1.59 bits per heavy atom. The Kier molecular flexibility index (Phi) is 2.88. The molecule has 0 radical (unpaired) electrons. The first-order valence-electron chi connectivity index (χ1n) is 7.49. The molecule has 2 aromatic carbocycles. The number of thiazole rings is 1. The van der Waals surface area contributed by atoms with Gasteiger partial charge in [-0.3, -0.25) is 4.40 Å². The molecule has 2 nitrogen and oxygen atoms in total. The molecule has 0 unspecified atom stereocenters. The standard InChI is InChI=1S/C19H18N2S/c1-11-5-6-15(7-12(11)2)16-10-21-17-8-13(3)14(4)9-18(17)22-19(21)20-16/h5-10H,1-4H3. The summed E-state index contributed by atoms with van der Waals surface area (Å²) in [6, 6.07) is 11.1. The molecular formula is C19H18N2S. The minimum absolute atomic E-state index is 1.05. The highest BCUT2D eigenvalue weighted by Crippen LogP contribution is 2.31. The van der Waals surface area contributed by atoms with Crippen LogP contribution in [0.4, 0.5) is 0 Å². The molecule has 0 aliphatic carbocycles. The number of hydrogen-bond acceptors (Lipinski definition) is 2. The molecule has 2 aromatic heterocycles. The number of aromatic nitrogens is 2. The summed E-state index contributed by atoms with van der Waals surface area (Å²) >= 11 is 1.76. The highest BCUT2D eigenvalue weighted by Gasteiger charge is 2.11. The van der Waals surface area contributed by atoms with Crippen LogP contribution in [0, 0.1) is 27.7 Å². The van der Waals surface area contributed by atoms with Crippen molar-refractivity contribution in [3.8, 4) is 11.3 Å². The lowest BCUT2D eigenvalue weighted by Crippen LogP contribution is -1.84. The van der Waals surface area contributed by atoms with Crippen LogP contribution < -0.4 is 0 Å². The summed E-state index contributed by atoms with van der Waals surface area (Å²) in [6.45, 7) is 8.62. The molecule has 0 atom stereocenters. The Morgan fingerprint density at radius 1 is 0.864 bits per heavy atom. The molecule has 0 amide bonds. The van der Waals surface area contributed by atoms with Crippen LogP contribution in [0.15, 0.2) is 36.5 Å². The van der Waals surface area contributed by atoms with E-state index in [-0.39, 0.29) is 0 Å². The zero-order valence-electron chi connectivity index (χ0n) is 13.3. The van der Waals surface area contributed by atoms with Gasteiger partial charge >= 0.3 is 0 Å². The number of fused-ring (bicyclic) bond motifs is 3. The molecule has 4 rings (SSSR count). The molecule has 3 heteroatoms. The van der Waals surface area contributed by atoms with E-state index in [1.54, 1.807) is 11.3 Å². The highest BCUT2D eigenvalue weighted by molar-refractivity contribution is 7.23. The van der Waals surface area contributed by atoms with E-state index < -0.39 is 0 Å². The van der Waals surface area contributed by atoms with E-state index in [4.69, 9.17) is 4.98 Å². The van der Waals surface area contributed by atoms with E-state index >= 15 is 0 Å². The zero-order chi connectivity index (χ0) is 15.4. The first kappa shape index (κ1) is 13.5. The number of hydrogen-bond donors (Lipinski definition) is 0. The van der Waals surface area contributed by atoms with Gasteiger partial charge in [-0.25, -0.2) is 4.98 Å².